The van der Waals surface area contributed by atoms with Gasteiger partial charge in [0.2, 0.25) is 0 Å². The lowest BCUT2D eigenvalue weighted by Crippen LogP contribution is -2.45. The van der Waals surface area contributed by atoms with Crippen LogP contribution >= 0.6 is 23.8 Å². The van der Waals surface area contributed by atoms with Crippen LogP contribution in [0, 0.1) is 4.77 Å². The van der Waals surface area contributed by atoms with E-state index in [1.807, 2.05) is 28.8 Å². The molecule has 1 aliphatic carbocycles. The predicted molar refractivity (Wildman–Crippen MR) is 103 cm³/mol. The van der Waals surface area contributed by atoms with E-state index in [0.717, 1.165) is 23.7 Å². The van der Waals surface area contributed by atoms with Crippen LogP contribution in [0.3, 0.4) is 0 Å². The van der Waals surface area contributed by atoms with Crippen molar-refractivity contribution in [3.8, 4) is 5.69 Å². The van der Waals surface area contributed by atoms with E-state index in [2.05, 4.69) is 15.2 Å². The minimum atomic E-state index is -0.0989. The molecule has 0 saturated heterocycles. The number of anilines is 1. The van der Waals surface area contributed by atoms with Crippen molar-refractivity contribution in [2.45, 2.75) is 44.7 Å². The second-order valence-corrected chi connectivity index (χ2v) is 7.59. The number of nitrogens with zero attached hydrogens (tertiary/aromatic N) is 2. The topological polar surface area (TPSA) is 53.1 Å². The highest BCUT2D eigenvalue weighted by Gasteiger charge is 2.28. The molecule has 2 heterocycles. The van der Waals surface area contributed by atoms with Crippen molar-refractivity contribution in [1.29, 1.82) is 0 Å². The van der Waals surface area contributed by atoms with Gasteiger partial charge in [-0.3, -0.25) is 19.2 Å². The van der Waals surface area contributed by atoms with E-state index in [4.69, 9.17) is 23.8 Å². The van der Waals surface area contributed by atoms with E-state index in [1.54, 1.807) is 0 Å². The third-order valence-electron chi connectivity index (χ3n) is 5.19. The van der Waals surface area contributed by atoms with Crippen molar-refractivity contribution in [3.05, 3.63) is 50.0 Å². The maximum atomic E-state index is 12.5. The Morgan fingerprint density at radius 3 is 2.56 bits per heavy atom. The molecule has 25 heavy (non-hydrogen) atoms. The zero-order chi connectivity index (χ0) is 17.4. The number of benzene rings is 1. The molecule has 2 aliphatic rings. The van der Waals surface area contributed by atoms with Crippen LogP contribution < -0.4 is 10.9 Å². The van der Waals surface area contributed by atoms with E-state index >= 15 is 0 Å². The van der Waals surface area contributed by atoms with Crippen molar-refractivity contribution >= 4 is 29.6 Å². The van der Waals surface area contributed by atoms with Gasteiger partial charge in [0.1, 0.15) is 5.82 Å². The van der Waals surface area contributed by atoms with Crippen LogP contribution in [0.5, 0.6) is 0 Å². The Morgan fingerprint density at radius 2 is 1.84 bits per heavy atom. The van der Waals surface area contributed by atoms with Crippen molar-refractivity contribution in [2.75, 3.05) is 12.0 Å². The zero-order valence-electron chi connectivity index (χ0n) is 13.9. The van der Waals surface area contributed by atoms with Crippen molar-refractivity contribution < 1.29 is 0 Å². The molecule has 5 nitrogen and oxygen atoms in total. The van der Waals surface area contributed by atoms with Gasteiger partial charge in [0.15, 0.2) is 4.77 Å². The second-order valence-electron chi connectivity index (χ2n) is 6.77. The van der Waals surface area contributed by atoms with Crippen LogP contribution in [0.2, 0.25) is 5.02 Å². The Labute approximate surface area is 156 Å². The molecule has 2 N–H and O–H groups in total. The molecule has 0 unspecified atom stereocenters. The summed E-state index contributed by atoms with van der Waals surface area (Å²) in [4.78, 5) is 17.7. The Kier molecular flexibility index (Phi) is 4.67. The lowest BCUT2D eigenvalue weighted by molar-refractivity contribution is 0.152. The first kappa shape index (κ1) is 16.8. The number of aromatic amines is 1. The maximum absolute atomic E-state index is 12.5. The minimum absolute atomic E-state index is 0.0989. The summed E-state index contributed by atoms with van der Waals surface area (Å²) in [6, 6.07) is 8.03. The molecule has 2 aromatic rings. The van der Waals surface area contributed by atoms with Gasteiger partial charge in [0.05, 0.1) is 12.2 Å². The SMILES string of the molecule is O=c1[nH]c(=S)n(-c2ccc(Cl)cc2)c2c1CN(C1CCCCC1)CN2. The van der Waals surface area contributed by atoms with Crippen molar-refractivity contribution in [1.82, 2.24) is 14.5 Å². The van der Waals surface area contributed by atoms with Crippen LogP contribution in [0.4, 0.5) is 5.82 Å². The molecule has 0 bridgehead atoms. The van der Waals surface area contributed by atoms with Crippen LogP contribution in [-0.4, -0.2) is 27.2 Å². The number of H-pyrrole nitrogens is 1. The minimum Gasteiger partial charge on any atom is -0.358 e. The zero-order valence-corrected chi connectivity index (χ0v) is 15.5. The highest BCUT2D eigenvalue weighted by Crippen LogP contribution is 2.29. The standard InChI is InChI=1S/C18H21ClN4OS/c19-12-6-8-14(9-7-12)23-16-15(17(24)21-18(23)25)10-22(11-20-16)13-4-2-1-3-5-13/h6-9,13,20H,1-5,10-11H2,(H,21,24,25). The molecule has 1 saturated carbocycles. The number of halogens is 1. The quantitative estimate of drug-likeness (QED) is 0.776. The van der Waals surface area contributed by atoms with E-state index in [9.17, 15) is 4.79 Å². The lowest BCUT2D eigenvalue weighted by Gasteiger charge is -2.38. The molecule has 1 aromatic heterocycles. The van der Waals surface area contributed by atoms with Gasteiger partial charge in [0.25, 0.3) is 5.56 Å². The maximum Gasteiger partial charge on any atom is 0.258 e. The fraction of sp³-hybridized carbons (Fsp3) is 0.444. The summed E-state index contributed by atoms with van der Waals surface area (Å²) >= 11 is 11.4. The third kappa shape index (κ3) is 3.26. The first-order valence-corrected chi connectivity index (χ1v) is 9.54. The first-order valence-electron chi connectivity index (χ1n) is 8.75. The fourth-order valence-electron chi connectivity index (χ4n) is 3.88. The summed E-state index contributed by atoms with van der Waals surface area (Å²) < 4.78 is 2.28. The normalized spacial score (nSPS) is 18.6. The lowest BCUT2D eigenvalue weighted by atomic mass is 9.94. The number of hydrogen-bond acceptors (Lipinski definition) is 4. The molecule has 132 valence electrons. The van der Waals surface area contributed by atoms with Crippen LogP contribution in [-0.2, 0) is 6.54 Å². The predicted octanol–water partition coefficient (Wildman–Crippen LogP) is 4.07. The van der Waals surface area contributed by atoms with Crippen LogP contribution in [0.25, 0.3) is 5.69 Å². The largest absolute Gasteiger partial charge is 0.358 e. The molecular weight excluding hydrogens is 356 g/mol. The number of nitrogens with one attached hydrogen (secondary N) is 2. The Balaban J connectivity index is 1.74. The van der Waals surface area contributed by atoms with Crippen LogP contribution in [0.15, 0.2) is 29.1 Å². The van der Waals surface area contributed by atoms with E-state index in [1.165, 1.54) is 32.1 Å². The van der Waals surface area contributed by atoms with Gasteiger partial charge in [-0.1, -0.05) is 30.9 Å². The molecular formula is C18H21ClN4OS. The average Bonchev–Trinajstić information content (AvgIpc) is 2.64. The van der Waals surface area contributed by atoms with Crippen LogP contribution in [0.1, 0.15) is 37.7 Å². The molecule has 1 aliphatic heterocycles. The summed E-state index contributed by atoms with van der Waals surface area (Å²) in [5.41, 5.74) is 1.54. The summed E-state index contributed by atoms with van der Waals surface area (Å²) in [5.74, 6) is 0.795. The second kappa shape index (κ2) is 6.94. The molecule has 4 rings (SSSR count). The Hall–Kier alpha value is -1.63. The van der Waals surface area contributed by atoms with Gasteiger partial charge in [-0.2, -0.15) is 0 Å². The van der Waals surface area contributed by atoms with Gasteiger partial charge in [-0.15, -0.1) is 0 Å². The van der Waals surface area contributed by atoms with E-state index < -0.39 is 0 Å². The van der Waals surface area contributed by atoms with Gasteiger partial charge in [0, 0.05) is 23.3 Å². The molecule has 1 fully saturated rings. The number of rotatable bonds is 2. The number of fused-ring (bicyclic) bond motifs is 1. The highest BCUT2D eigenvalue weighted by molar-refractivity contribution is 7.71. The molecule has 1 aromatic carbocycles. The molecule has 0 atom stereocenters. The Bertz CT molecular complexity index is 883. The van der Waals surface area contributed by atoms with Gasteiger partial charge in [-0.25, -0.2) is 0 Å². The molecule has 7 heteroatoms. The number of aromatic nitrogens is 2. The average molecular weight is 377 g/mol. The van der Waals surface area contributed by atoms with Gasteiger partial charge < -0.3 is 5.32 Å². The van der Waals surface area contributed by atoms with Crippen molar-refractivity contribution in [3.63, 3.8) is 0 Å². The smallest absolute Gasteiger partial charge is 0.258 e. The summed E-state index contributed by atoms with van der Waals surface area (Å²) in [5, 5.41) is 4.11. The van der Waals surface area contributed by atoms with Gasteiger partial charge in [-0.05, 0) is 49.3 Å². The highest BCUT2D eigenvalue weighted by atomic mass is 35.5. The summed E-state index contributed by atoms with van der Waals surface area (Å²) in [6.07, 6.45) is 6.31. The van der Waals surface area contributed by atoms with Gasteiger partial charge >= 0.3 is 0 Å². The fourth-order valence-corrected chi connectivity index (χ4v) is 4.30. The number of hydrogen-bond donors (Lipinski definition) is 2. The van der Waals surface area contributed by atoms with E-state index in [0.29, 0.717) is 22.4 Å². The first-order chi connectivity index (χ1) is 12.1. The molecule has 0 spiro atoms. The monoisotopic (exact) mass is 376 g/mol. The summed E-state index contributed by atoms with van der Waals surface area (Å²) in [7, 11) is 0. The molecule has 0 amide bonds. The third-order valence-corrected chi connectivity index (χ3v) is 5.73. The summed E-state index contributed by atoms with van der Waals surface area (Å²) in [6.45, 7) is 1.40. The Morgan fingerprint density at radius 1 is 1.12 bits per heavy atom. The van der Waals surface area contributed by atoms with E-state index in [-0.39, 0.29) is 5.56 Å². The van der Waals surface area contributed by atoms with Crippen molar-refractivity contribution in [2.24, 2.45) is 0 Å². The molecule has 0 radical (unpaired) electrons.